The second kappa shape index (κ2) is 8.42. The van der Waals surface area contributed by atoms with Gasteiger partial charge in [-0.05, 0) is 49.9 Å². The Balaban J connectivity index is 1.34. The van der Waals surface area contributed by atoms with E-state index in [1.54, 1.807) is 0 Å². The van der Waals surface area contributed by atoms with E-state index in [0.29, 0.717) is 33.6 Å². The average Bonchev–Trinajstić information content (AvgIpc) is 3.50. The highest BCUT2D eigenvalue weighted by Gasteiger charge is 2.31. The minimum absolute atomic E-state index is 0.0886. The molecule has 1 atom stereocenters. The van der Waals surface area contributed by atoms with Crippen LogP contribution in [0.5, 0.6) is 0 Å². The van der Waals surface area contributed by atoms with Crippen LogP contribution in [0.25, 0.3) is 10.3 Å². The number of thiazole rings is 1. The van der Waals surface area contributed by atoms with Crippen LogP contribution in [-0.2, 0) is 11.3 Å². The number of hydrogen-bond donors (Lipinski definition) is 1. The van der Waals surface area contributed by atoms with E-state index >= 15 is 0 Å². The Labute approximate surface area is 187 Å². The van der Waals surface area contributed by atoms with Crippen molar-refractivity contribution < 1.29 is 14.0 Å². The quantitative estimate of drug-likeness (QED) is 0.573. The van der Waals surface area contributed by atoms with Gasteiger partial charge in [0.1, 0.15) is 16.8 Å². The Morgan fingerprint density at radius 2 is 1.97 bits per heavy atom. The molecule has 166 valence electrons. The summed E-state index contributed by atoms with van der Waals surface area (Å²) in [6.45, 7) is 1.15. The van der Waals surface area contributed by atoms with Crippen LogP contribution >= 0.6 is 11.3 Å². The van der Waals surface area contributed by atoms with Crippen molar-refractivity contribution in [2.24, 2.45) is 5.92 Å². The summed E-state index contributed by atoms with van der Waals surface area (Å²) in [6, 6.07) is 5.55. The van der Waals surface area contributed by atoms with Gasteiger partial charge in [0.15, 0.2) is 16.6 Å². The number of ketones is 1. The molecule has 1 unspecified atom stereocenters. The first kappa shape index (κ1) is 20.7. The molecule has 3 heterocycles. The molecule has 1 aliphatic carbocycles. The number of anilines is 1. The second-order valence-electron chi connectivity index (χ2n) is 8.32. The van der Waals surface area contributed by atoms with E-state index in [2.05, 4.69) is 15.3 Å². The number of fused-ring (bicyclic) bond motifs is 1. The van der Waals surface area contributed by atoms with E-state index in [0.717, 1.165) is 32.2 Å². The lowest BCUT2D eigenvalue weighted by Gasteiger charge is -2.31. The summed E-state index contributed by atoms with van der Waals surface area (Å²) in [5, 5.41) is 3.74. The third-order valence-electron chi connectivity index (χ3n) is 5.84. The van der Waals surface area contributed by atoms with E-state index in [4.69, 9.17) is 0 Å². The molecule has 1 saturated carbocycles. The minimum Gasteiger partial charge on any atom is -0.353 e. The van der Waals surface area contributed by atoms with E-state index < -0.39 is 5.82 Å². The lowest BCUT2D eigenvalue weighted by molar-refractivity contribution is -0.125. The SMILES string of the molecule is O=C(Cn1cnc2nc(N3CCCC(C(=O)NC4CC4)C3)sc2c1=O)c1ccc(F)cc1. The molecular formula is C22H22FN5O3S. The zero-order valence-electron chi connectivity index (χ0n) is 17.3. The lowest BCUT2D eigenvalue weighted by Crippen LogP contribution is -2.43. The molecule has 8 nitrogen and oxygen atoms in total. The fourth-order valence-corrected chi connectivity index (χ4v) is 4.88. The fourth-order valence-electron chi connectivity index (χ4n) is 3.88. The highest BCUT2D eigenvalue weighted by molar-refractivity contribution is 7.22. The van der Waals surface area contributed by atoms with Gasteiger partial charge in [0, 0.05) is 24.7 Å². The average molecular weight is 456 g/mol. The van der Waals surface area contributed by atoms with Crippen LogP contribution in [0.2, 0.25) is 0 Å². The summed E-state index contributed by atoms with van der Waals surface area (Å²) in [5.74, 6) is -0.727. The summed E-state index contributed by atoms with van der Waals surface area (Å²) in [5.41, 5.74) is 0.325. The number of rotatable bonds is 6. The van der Waals surface area contributed by atoms with Crippen LogP contribution in [0.4, 0.5) is 9.52 Å². The molecule has 1 saturated heterocycles. The Morgan fingerprint density at radius 3 is 2.72 bits per heavy atom. The molecule has 0 spiro atoms. The number of aromatic nitrogens is 3. The molecule has 32 heavy (non-hydrogen) atoms. The molecule has 2 aliphatic rings. The summed E-state index contributed by atoms with van der Waals surface area (Å²) in [7, 11) is 0. The Hall–Kier alpha value is -3.14. The number of carbonyl (C=O) groups is 2. The van der Waals surface area contributed by atoms with E-state index in [1.165, 1.54) is 46.5 Å². The lowest BCUT2D eigenvalue weighted by atomic mass is 9.97. The van der Waals surface area contributed by atoms with Crippen molar-refractivity contribution in [1.29, 1.82) is 0 Å². The Morgan fingerprint density at radius 1 is 1.19 bits per heavy atom. The van der Waals surface area contributed by atoms with Crippen LogP contribution < -0.4 is 15.8 Å². The summed E-state index contributed by atoms with van der Waals surface area (Å²) >= 11 is 1.24. The van der Waals surface area contributed by atoms with Crippen LogP contribution in [0.3, 0.4) is 0 Å². The van der Waals surface area contributed by atoms with Crippen molar-refractivity contribution in [2.75, 3.05) is 18.0 Å². The molecule has 5 rings (SSSR count). The standard InChI is InChI=1S/C22H22FN5O3S/c23-15-5-3-13(4-6-15)17(29)11-28-12-24-19-18(21(28)31)32-22(26-19)27-9-1-2-14(10-27)20(30)25-16-7-8-16/h3-6,12,14,16H,1-2,7-11H2,(H,25,30). The molecule has 1 aliphatic heterocycles. The Bertz CT molecular complexity index is 1230. The van der Waals surface area contributed by atoms with Crippen molar-refractivity contribution >= 4 is 38.5 Å². The van der Waals surface area contributed by atoms with Gasteiger partial charge in [-0.2, -0.15) is 4.98 Å². The second-order valence-corrected chi connectivity index (χ2v) is 9.30. The molecule has 1 N–H and O–H groups in total. The van der Waals surface area contributed by atoms with Gasteiger partial charge in [-0.25, -0.2) is 9.37 Å². The van der Waals surface area contributed by atoms with Gasteiger partial charge in [0.05, 0.1) is 12.5 Å². The fraction of sp³-hybridized carbons (Fsp3) is 0.409. The number of nitrogens with zero attached hydrogens (tertiary/aromatic N) is 4. The molecule has 10 heteroatoms. The van der Waals surface area contributed by atoms with Crippen molar-refractivity contribution in [3.63, 3.8) is 0 Å². The van der Waals surface area contributed by atoms with Gasteiger partial charge in [-0.1, -0.05) is 11.3 Å². The summed E-state index contributed by atoms with van der Waals surface area (Å²) < 4.78 is 14.7. The van der Waals surface area contributed by atoms with Crippen molar-refractivity contribution in [2.45, 2.75) is 38.3 Å². The highest BCUT2D eigenvalue weighted by atomic mass is 32.1. The highest BCUT2D eigenvalue weighted by Crippen LogP contribution is 2.30. The van der Waals surface area contributed by atoms with Crippen molar-refractivity contribution in [1.82, 2.24) is 19.9 Å². The first-order valence-corrected chi connectivity index (χ1v) is 11.5. The number of amides is 1. The molecule has 3 aromatic rings. The minimum atomic E-state index is -0.427. The Kier molecular flexibility index (Phi) is 5.46. The van der Waals surface area contributed by atoms with Crippen LogP contribution in [0, 0.1) is 11.7 Å². The first-order chi connectivity index (χ1) is 15.5. The van der Waals surface area contributed by atoms with Crippen molar-refractivity contribution in [3.05, 3.63) is 52.3 Å². The van der Waals surface area contributed by atoms with E-state index in [1.807, 2.05) is 4.90 Å². The van der Waals surface area contributed by atoms with Crippen molar-refractivity contribution in [3.8, 4) is 0 Å². The number of benzene rings is 1. The van der Waals surface area contributed by atoms with E-state index in [9.17, 15) is 18.8 Å². The summed E-state index contributed by atoms with van der Waals surface area (Å²) in [4.78, 5) is 48.7. The maximum atomic E-state index is 13.1. The summed E-state index contributed by atoms with van der Waals surface area (Å²) in [6.07, 6.45) is 5.15. The molecule has 1 amide bonds. The monoisotopic (exact) mass is 455 g/mol. The topological polar surface area (TPSA) is 97.2 Å². The normalized spacial score (nSPS) is 18.7. The number of Topliss-reactive ketones (excluding diaryl/α,β-unsaturated/α-hetero) is 1. The van der Waals surface area contributed by atoms with Gasteiger partial charge in [0.25, 0.3) is 5.56 Å². The third-order valence-corrected chi connectivity index (χ3v) is 6.93. The van der Waals surface area contributed by atoms with E-state index in [-0.39, 0.29) is 29.7 Å². The van der Waals surface area contributed by atoms with Gasteiger partial charge < -0.3 is 10.2 Å². The van der Waals surface area contributed by atoms with Crippen LogP contribution in [0.1, 0.15) is 36.0 Å². The molecule has 0 bridgehead atoms. The number of hydrogen-bond acceptors (Lipinski definition) is 7. The van der Waals surface area contributed by atoms with Gasteiger partial charge >= 0.3 is 0 Å². The van der Waals surface area contributed by atoms with Crippen LogP contribution in [0.15, 0.2) is 35.4 Å². The predicted molar refractivity (Wildman–Crippen MR) is 119 cm³/mol. The number of piperidine rings is 1. The molecule has 2 aromatic heterocycles. The number of halogens is 1. The predicted octanol–water partition coefficient (Wildman–Crippen LogP) is 2.37. The van der Waals surface area contributed by atoms with Crippen LogP contribution in [-0.4, -0.2) is 45.4 Å². The zero-order chi connectivity index (χ0) is 22.2. The molecule has 1 aromatic carbocycles. The third kappa shape index (κ3) is 4.27. The maximum absolute atomic E-state index is 13.1. The number of carbonyl (C=O) groups excluding carboxylic acids is 2. The zero-order valence-corrected chi connectivity index (χ0v) is 18.1. The van der Waals surface area contributed by atoms with Gasteiger partial charge in [-0.15, -0.1) is 0 Å². The largest absolute Gasteiger partial charge is 0.353 e. The van der Waals surface area contributed by atoms with Gasteiger partial charge in [0.2, 0.25) is 5.91 Å². The molecular weight excluding hydrogens is 433 g/mol. The first-order valence-electron chi connectivity index (χ1n) is 10.7. The maximum Gasteiger partial charge on any atom is 0.273 e. The smallest absolute Gasteiger partial charge is 0.273 e. The van der Waals surface area contributed by atoms with Gasteiger partial charge in [-0.3, -0.25) is 19.0 Å². The molecule has 2 fully saturated rings. The number of nitrogens with one attached hydrogen (secondary N) is 1. The molecule has 0 radical (unpaired) electrons.